The molecule has 0 aliphatic heterocycles. The summed E-state index contributed by atoms with van der Waals surface area (Å²) in [7, 11) is 0. The second-order valence-corrected chi connectivity index (χ2v) is 4.71. The van der Waals surface area contributed by atoms with Crippen LogP contribution in [-0.4, -0.2) is 28.9 Å². The lowest BCUT2D eigenvalue weighted by molar-refractivity contribution is 0.0990. The zero-order valence-electron chi connectivity index (χ0n) is 28.7. The fourth-order valence-electron chi connectivity index (χ4n) is 1.69. The lowest BCUT2D eigenvalue weighted by atomic mass is 10.0. The molecule has 3 heteroatoms. The molecule has 0 heterocycles. The van der Waals surface area contributed by atoms with Crippen LogP contribution < -0.4 is 5.72 Å². The van der Waals surface area contributed by atoms with E-state index in [1.165, 1.54) is 0 Å². The molecular formula is C18H39NO2. The minimum atomic E-state index is -4.60. The Labute approximate surface area is 154 Å². The van der Waals surface area contributed by atoms with E-state index in [0.29, 0.717) is 6.42 Å². The van der Waals surface area contributed by atoms with E-state index < -0.39 is 62.7 Å². The van der Waals surface area contributed by atoms with Gasteiger partial charge in [0.2, 0.25) is 0 Å². The molecule has 0 bridgehead atoms. The number of aliphatic hydroxyl groups is 2. The van der Waals surface area contributed by atoms with Gasteiger partial charge in [0, 0.05) is 13.7 Å². The molecule has 0 rings (SSSR count). The fraction of sp³-hybridized carbons (Fsp3) is 1.00. The van der Waals surface area contributed by atoms with E-state index >= 15 is 0 Å². The van der Waals surface area contributed by atoms with Crippen molar-refractivity contribution in [2.75, 3.05) is 6.56 Å². The van der Waals surface area contributed by atoms with E-state index in [9.17, 15) is 10.2 Å². The van der Waals surface area contributed by atoms with Crippen LogP contribution in [0.3, 0.4) is 0 Å². The highest BCUT2D eigenvalue weighted by Gasteiger charge is 2.12. The first kappa shape index (κ1) is 6.41. The van der Waals surface area contributed by atoms with Crippen LogP contribution in [0.15, 0.2) is 0 Å². The Morgan fingerprint density at radius 2 is 1.52 bits per heavy atom. The molecule has 0 spiro atoms. The number of rotatable bonds is 17. The maximum absolute atomic E-state index is 10.5. The highest BCUT2D eigenvalue weighted by Crippen LogP contribution is 2.13. The second kappa shape index (κ2) is 16.3. The first-order valence-electron chi connectivity index (χ1n) is 15.4. The topological polar surface area (TPSA) is 66.5 Å². The number of hydrogen-bond donors (Lipinski definition) is 3. The van der Waals surface area contributed by atoms with Gasteiger partial charge in [-0.3, -0.25) is 0 Å². The molecule has 0 saturated carbocycles. The van der Waals surface area contributed by atoms with Crippen LogP contribution in [-0.2, 0) is 0 Å². The number of nitrogens with two attached hydrogens (primary N) is 1. The molecule has 0 aliphatic rings. The maximum atomic E-state index is 10.5. The third kappa shape index (κ3) is 14.6. The molecule has 21 heavy (non-hydrogen) atoms. The molecule has 2 atom stereocenters. The summed E-state index contributed by atoms with van der Waals surface area (Å²) in [6, 6.07) is -4.28. The lowest BCUT2D eigenvalue weighted by Gasteiger charge is -2.15. The SMILES string of the molecule is [2H]N([2H])[C@@]([2H])(C([2H])([2H])O)[C@]([2H])(O)C([2H])([2H])C([2H])([2H])C([2H])([2H])C([2H])([2H])C([2H])([2H])CCCCCCCCCC. The Bertz CT molecular complexity index is 725. The van der Waals surface area contributed by atoms with Crippen molar-refractivity contribution in [1.82, 2.24) is 0 Å². The average molecular weight is 318 g/mol. The Kier molecular flexibility index (Phi) is 4.96. The molecule has 0 saturated heterocycles. The Balaban J connectivity index is 6.08. The van der Waals surface area contributed by atoms with Gasteiger partial charge in [0.1, 0.15) is 2.82 Å². The number of unbranched alkanes of at least 4 members (excludes halogenated alkanes) is 7. The Hall–Kier alpha value is -0.120. The van der Waals surface area contributed by atoms with Crippen molar-refractivity contribution < 1.29 is 32.2 Å². The van der Waals surface area contributed by atoms with E-state index in [0.717, 1.165) is 38.5 Å². The van der Waals surface area contributed by atoms with E-state index in [1.807, 2.05) is 0 Å². The average Bonchev–Trinajstić information content (AvgIpc) is 2.73. The largest absolute Gasteiger partial charge is 0.395 e. The van der Waals surface area contributed by atoms with Gasteiger partial charge in [-0.1, -0.05) is 90.2 Å². The molecule has 0 fully saturated rings. The quantitative estimate of drug-likeness (QED) is 0.353. The highest BCUT2D eigenvalue weighted by molar-refractivity contribution is 4.70. The predicted molar refractivity (Wildman–Crippen MR) is 91.4 cm³/mol. The molecule has 0 unspecified atom stereocenters. The van der Waals surface area contributed by atoms with E-state index in [2.05, 4.69) is 6.92 Å². The third-order valence-electron chi connectivity index (χ3n) is 2.88. The third-order valence-corrected chi connectivity index (χ3v) is 2.88. The first-order valence-corrected chi connectivity index (χ1v) is 7.48. The van der Waals surface area contributed by atoms with Crippen molar-refractivity contribution in [1.29, 1.82) is 0 Å². The van der Waals surface area contributed by atoms with Crippen LogP contribution in [0.2, 0.25) is 2.82 Å². The van der Waals surface area contributed by atoms with Crippen molar-refractivity contribution in [3.63, 3.8) is 0 Å². The van der Waals surface area contributed by atoms with Gasteiger partial charge in [0.25, 0.3) is 0 Å². The minimum absolute atomic E-state index is 0.113. The summed E-state index contributed by atoms with van der Waals surface area (Å²) >= 11 is 0. The summed E-state index contributed by atoms with van der Waals surface area (Å²) in [5.74, 6) is 0. The molecule has 0 amide bonds. The fourth-order valence-corrected chi connectivity index (χ4v) is 1.69. The molecule has 0 aromatic carbocycles. The van der Waals surface area contributed by atoms with Crippen molar-refractivity contribution in [3.8, 4) is 0 Å². The zero-order valence-corrected chi connectivity index (χ0v) is 12.7. The van der Waals surface area contributed by atoms with Gasteiger partial charge >= 0.3 is 0 Å². The molecular weight excluding hydrogens is 262 g/mol. The first-order chi connectivity index (χ1) is 16.3. The molecule has 0 radical (unpaired) electrons. The van der Waals surface area contributed by atoms with Gasteiger partial charge in [-0.05, 0) is 6.37 Å². The van der Waals surface area contributed by atoms with Crippen LogP contribution in [0, 0.1) is 0 Å². The van der Waals surface area contributed by atoms with Crippen LogP contribution in [0.1, 0.15) is 116 Å². The summed E-state index contributed by atoms with van der Waals surface area (Å²) in [4.78, 5) is 0. The summed E-state index contributed by atoms with van der Waals surface area (Å²) < 4.78 is 125. The zero-order chi connectivity index (χ0) is 29.9. The summed E-state index contributed by atoms with van der Waals surface area (Å²) in [6.07, 6.45) is -18.6. The maximum Gasteiger partial charge on any atom is 0.119 e. The Morgan fingerprint density at radius 3 is 2.10 bits per heavy atom. The van der Waals surface area contributed by atoms with Gasteiger partial charge in [-0.25, -0.2) is 0 Å². The lowest BCUT2D eigenvalue weighted by Crippen LogP contribution is -2.37. The minimum Gasteiger partial charge on any atom is -0.395 e. The van der Waals surface area contributed by atoms with Crippen LogP contribution in [0.4, 0.5) is 0 Å². The van der Waals surface area contributed by atoms with Crippen molar-refractivity contribution in [2.45, 2.75) is 109 Å². The second-order valence-electron chi connectivity index (χ2n) is 4.71. The standard InChI is InChI=1S/C18H39NO2/c1-2-3-4-5-6-7-8-9-10-11-12-13-14-15-18(21)17(19)16-20/h17-18,20-21H,2-16,19H2,1H3/t17-,18+/m0/s1/i11D2,12D2,13D2,14D2,15D2,16D2,17D,18D/hD2. The summed E-state index contributed by atoms with van der Waals surface area (Å²) in [5, 5.41) is 20.1. The molecule has 0 aromatic heterocycles. The molecule has 0 aliphatic carbocycles. The van der Waals surface area contributed by atoms with Crippen molar-refractivity contribution in [2.24, 2.45) is 5.72 Å². The van der Waals surface area contributed by atoms with Gasteiger partial charge in [-0.2, -0.15) is 0 Å². The van der Waals surface area contributed by atoms with Crippen LogP contribution in [0.25, 0.3) is 0 Å². The van der Waals surface area contributed by atoms with Gasteiger partial charge in [0.05, 0.1) is 24.1 Å². The highest BCUT2D eigenvalue weighted by atomic mass is 16.3. The van der Waals surface area contributed by atoms with Crippen molar-refractivity contribution in [3.05, 3.63) is 0 Å². The number of hydrogen-bond acceptors (Lipinski definition) is 3. The molecule has 4 N–H and O–H groups in total. The molecule has 3 nitrogen and oxygen atoms in total. The normalized spacial score (nSPS) is 32.8. The van der Waals surface area contributed by atoms with Crippen LogP contribution in [0.5, 0.6) is 0 Å². The van der Waals surface area contributed by atoms with Gasteiger partial charge in [-0.15, -0.1) is 0 Å². The molecule has 128 valence electrons. The van der Waals surface area contributed by atoms with Gasteiger partial charge in [0.15, 0.2) is 0 Å². The van der Waals surface area contributed by atoms with E-state index in [4.69, 9.17) is 22.0 Å². The van der Waals surface area contributed by atoms with E-state index in [-0.39, 0.29) is 6.42 Å². The summed E-state index contributed by atoms with van der Waals surface area (Å²) in [6.45, 7) is -2.13. The summed E-state index contributed by atoms with van der Waals surface area (Å²) in [5.41, 5.74) is -1.08. The van der Waals surface area contributed by atoms with Crippen molar-refractivity contribution >= 4 is 0 Å². The van der Waals surface area contributed by atoms with Gasteiger partial charge < -0.3 is 15.9 Å². The Morgan fingerprint density at radius 1 is 0.952 bits per heavy atom. The van der Waals surface area contributed by atoms with E-state index in [1.54, 1.807) is 0 Å². The molecule has 0 aromatic rings. The monoisotopic (exact) mass is 317 g/mol. The smallest absolute Gasteiger partial charge is 0.119 e. The predicted octanol–water partition coefficient (Wildman–Crippen LogP) is 4.15. The van der Waals surface area contributed by atoms with Crippen LogP contribution >= 0.6 is 0 Å².